The predicted molar refractivity (Wildman–Crippen MR) is 62.7 cm³/mol. The van der Waals surface area contributed by atoms with Crippen molar-refractivity contribution in [2.24, 2.45) is 0 Å². The van der Waals surface area contributed by atoms with E-state index in [1.54, 1.807) is 10.7 Å². The highest BCUT2D eigenvalue weighted by Gasteiger charge is 2.08. The summed E-state index contributed by atoms with van der Waals surface area (Å²) < 4.78 is 1.62. The van der Waals surface area contributed by atoms with Gasteiger partial charge in [0.15, 0.2) is 0 Å². The Kier molecular flexibility index (Phi) is 2.22. The molecule has 0 radical (unpaired) electrons. The summed E-state index contributed by atoms with van der Waals surface area (Å²) in [6.07, 6.45) is 1.87. The summed E-state index contributed by atoms with van der Waals surface area (Å²) in [6, 6.07) is 17.1. The zero-order chi connectivity index (χ0) is 11.7. The van der Waals surface area contributed by atoms with E-state index >= 15 is 0 Å². The van der Waals surface area contributed by atoms with Crippen molar-refractivity contribution in [3.63, 3.8) is 0 Å². The van der Waals surface area contributed by atoms with Crippen LogP contribution in [-0.4, -0.2) is 5.10 Å². The lowest BCUT2D eigenvalue weighted by Crippen LogP contribution is -2.35. The van der Waals surface area contributed by atoms with E-state index in [0.29, 0.717) is 5.39 Å². The molecule has 0 saturated carbocycles. The molecule has 0 amide bonds. The summed E-state index contributed by atoms with van der Waals surface area (Å²) in [4.78, 5) is 0. The van der Waals surface area contributed by atoms with Gasteiger partial charge in [-0.3, -0.25) is 0 Å². The maximum Gasteiger partial charge on any atom is 0.238 e. The minimum atomic E-state index is -0.202. The first-order chi connectivity index (χ1) is 8.34. The molecule has 0 aliphatic carbocycles. The number of aromatic nitrogens is 2. The fraction of sp³-hybridized carbons (Fsp3) is 0. The SMILES string of the molecule is [O-]c1n[n+](-c2ccccc2)cc2ccccc12. The molecule has 3 aromatic rings. The van der Waals surface area contributed by atoms with Crippen LogP contribution in [0.15, 0.2) is 60.8 Å². The first kappa shape index (κ1) is 9.78. The van der Waals surface area contributed by atoms with Gasteiger partial charge in [0.25, 0.3) is 0 Å². The Morgan fingerprint density at radius 1 is 0.882 bits per heavy atom. The smallest absolute Gasteiger partial charge is 0.238 e. The Hall–Kier alpha value is -2.42. The van der Waals surface area contributed by atoms with Gasteiger partial charge < -0.3 is 5.11 Å². The van der Waals surface area contributed by atoms with Gasteiger partial charge in [-0.2, -0.15) is 0 Å². The van der Waals surface area contributed by atoms with Crippen molar-refractivity contribution in [2.45, 2.75) is 0 Å². The van der Waals surface area contributed by atoms with Crippen molar-refractivity contribution < 1.29 is 9.79 Å². The average molecular weight is 222 g/mol. The molecule has 0 fully saturated rings. The van der Waals surface area contributed by atoms with Crippen LogP contribution in [0.5, 0.6) is 5.88 Å². The van der Waals surface area contributed by atoms with Crippen LogP contribution < -0.4 is 9.79 Å². The molecule has 82 valence electrons. The zero-order valence-electron chi connectivity index (χ0n) is 9.08. The van der Waals surface area contributed by atoms with Crippen molar-refractivity contribution in [1.82, 2.24) is 5.10 Å². The van der Waals surface area contributed by atoms with Crippen molar-refractivity contribution in [1.29, 1.82) is 0 Å². The molecule has 1 heterocycles. The van der Waals surface area contributed by atoms with Crippen LogP contribution in [0.1, 0.15) is 0 Å². The molecule has 2 aromatic carbocycles. The van der Waals surface area contributed by atoms with Crippen molar-refractivity contribution in [2.75, 3.05) is 0 Å². The normalized spacial score (nSPS) is 10.6. The minimum Gasteiger partial charge on any atom is -0.854 e. The van der Waals surface area contributed by atoms with E-state index < -0.39 is 0 Å². The average Bonchev–Trinajstić information content (AvgIpc) is 2.40. The second kappa shape index (κ2) is 3.87. The molecule has 0 aliphatic heterocycles. The Balaban J connectivity index is 2.26. The lowest BCUT2D eigenvalue weighted by atomic mass is 10.2. The van der Waals surface area contributed by atoms with E-state index in [1.165, 1.54) is 0 Å². The van der Waals surface area contributed by atoms with Crippen LogP contribution in [0.3, 0.4) is 0 Å². The first-order valence-corrected chi connectivity index (χ1v) is 5.39. The van der Waals surface area contributed by atoms with E-state index in [2.05, 4.69) is 5.10 Å². The van der Waals surface area contributed by atoms with Gasteiger partial charge in [0.2, 0.25) is 11.9 Å². The quantitative estimate of drug-likeness (QED) is 0.586. The van der Waals surface area contributed by atoms with Crippen LogP contribution in [0, 0.1) is 0 Å². The van der Waals surface area contributed by atoms with Gasteiger partial charge in [-0.05, 0) is 11.2 Å². The molecule has 17 heavy (non-hydrogen) atoms. The van der Waals surface area contributed by atoms with Crippen LogP contribution in [0.2, 0.25) is 0 Å². The summed E-state index contributed by atoms with van der Waals surface area (Å²) >= 11 is 0. The second-order valence-electron chi connectivity index (χ2n) is 3.80. The van der Waals surface area contributed by atoms with Crippen LogP contribution in [0.25, 0.3) is 16.5 Å². The third-order valence-electron chi connectivity index (χ3n) is 2.67. The Morgan fingerprint density at radius 3 is 2.41 bits per heavy atom. The molecule has 0 bridgehead atoms. The van der Waals surface area contributed by atoms with Crippen molar-refractivity contribution >= 4 is 10.8 Å². The number of para-hydroxylation sites is 1. The fourth-order valence-corrected chi connectivity index (χ4v) is 1.83. The molecule has 3 heteroatoms. The number of fused-ring (bicyclic) bond motifs is 1. The molecule has 0 atom stereocenters. The van der Waals surface area contributed by atoms with Gasteiger partial charge >= 0.3 is 0 Å². The Morgan fingerprint density at radius 2 is 1.59 bits per heavy atom. The molecule has 0 spiro atoms. The van der Waals surface area contributed by atoms with Gasteiger partial charge in [-0.25, -0.2) is 0 Å². The largest absolute Gasteiger partial charge is 0.854 e. The molecule has 3 nitrogen and oxygen atoms in total. The summed E-state index contributed by atoms with van der Waals surface area (Å²) in [5, 5.41) is 17.4. The van der Waals surface area contributed by atoms with E-state index in [0.717, 1.165) is 11.1 Å². The van der Waals surface area contributed by atoms with Crippen LogP contribution in [0.4, 0.5) is 0 Å². The standard InChI is InChI=1S/C14H10N2O/c17-14-13-9-5-4-6-11(13)10-16(15-14)12-7-2-1-3-8-12/h1-10H. The number of hydrogen-bond donors (Lipinski definition) is 0. The maximum absolute atomic E-state index is 11.8. The number of hydrogen-bond acceptors (Lipinski definition) is 2. The maximum atomic E-state index is 11.8. The Bertz CT molecular complexity index is 665. The molecule has 3 rings (SSSR count). The molecule has 0 saturated heterocycles. The van der Waals surface area contributed by atoms with Gasteiger partial charge in [-0.1, -0.05) is 41.1 Å². The van der Waals surface area contributed by atoms with E-state index in [4.69, 9.17) is 0 Å². The molecule has 0 unspecified atom stereocenters. The number of nitrogens with zero attached hydrogens (tertiary/aromatic N) is 2. The zero-order valence-corrected chi connectivity index (χ0v) is 9.08. The summed E-state index contributed by atoms with van der Waals surface area (Å²) in [5.41, 5.74) is 0.885. The molecular weight excluding hydrogens is 212 g/mol. The number of rotatable bonds is 1. The van der Waals surface area contributed by atoms with Gasteiger partial charge in [0, 0.05) is 22.9 Å². The van der Waals surface area contributed by atoms with Gasteiger partial charge in [0.05, 0.1) is 5.88 Å². The van der Waals surface area contributed by atoms with Gasteiger partial charge in [-0.15, -0.1) is 0 Å². The fourth-order valence-electron chi connectivity index (χ4n) is 1.83. The third kappa shape index (κ3) is 1.72. The van der Waals surface area contributed by atoms with E-state index in [1.807, 2.05) is 54.7 Å². The van der Waals surface area contributed by atoms with E-state index in [9.17, 15) is 5.11 Å². The predicted octanol–water partition coefficient (Wildman–Crippen LogP) is 1.59. The van der Waals surface area contributed by atoms with Crippen LogP contribution >= 0.6 is 0 Å². The highest BCUT2D eigenvalue weighted by Crippen LogP contribution is 2.17. The summed E-state index contributed by atoms with van der Waals surface area (Å²) in [7, 11) is 0. The minimum absolute atomic E-state index is 0.202. The lowest BCUT2D eigenvalue weighted by Gasteiger charge is -2.05. The molecular formula is C14H10N2O. The second-order valence-corrected chi connectivity index (χ2v) is 3.80. The summed E-state index contributed by atoms with van der Waals surface area (Å²) in [5.74, 6) is -0.202. The third-order valence-corrected chi connectivity index (χ3v) is 2.67. The monoisotopic (exact) mass is 222 g/mol. The Labute approximate surface area is 98.6 Å². The topological polar surface area (TPSA) is 39.8 Å². The lowest BCUT2D eigenvalue weighted by molar-refractivity contribution is -0.663. The number of benzene rings is 2. The highest BCUT2D eigenvalue weighted by atomic mass is 16.3. The van der Waals surface area contributed by atoms with E-state index in [-0.39, 0.29) is 5.88 Å². The molecule has 0 aliphatic rings. The molecule has 1 aromatic heterocycles. The molecule has 0 N–H and O–H groups in total. The first-order valence-electron chi connectivity index (χ1n) is 5.39. The van der Waals surface area contributed by atoms with Crippen molar-refractivity contribution in [3.8, 4) is 11.6 Å². The van der Waals surface area contributed by atoms with Crippen molar-refractivity contribution in [3.05, 3.63) is 60.8 Å². The van der Waals surface area contributed by atoms with Gasteiger partial charge in [0.1, 0.15) is 0 Å². The van der Waals surface area contributed by atoms with Crippen LogP contribution in [-0.2, 0) is 0 Å². The highest BCUT2D eigenvalue weighted by molar-refractivity contribution is 5.84. The summed E-state index contributed by atoms with van der Waals surface area (Å²) in [6.45, 7) is 0.